The molecular weight excluding hydrogens is 530 g/mol. The van der Waals surface area contributed by atoms with Crippen LogP contribution in [0.1, 0.15) is 49.6 Å². The van der Waals surface area contributed by atoms with E-state index in [0.717, 1.165) is 22.2 Å². The van der Waals surface area contributed by atoms with E-state index in [1.54, 1.807) is 4.57 Å². The van der Waals surface area contributed by atoms with Crippen molar-refractivity contribution in [3.63, 3.8) is 0 Å². The molecular formula is C30H35N3O4S2. The topological polar surface area (TPSA) is 101 Å². The molecule has 39 heavy (non-hydrogen) atoms. The average Bonchev–Trinajstić information content (AvgIpc) is 3.24. The van der Waals surface area contributed by atoms with Crippen LogP contribution in [0.4, 0.5) is 0 Å². The van der Waals surface area contributed by atoms with E-state index < -0.39 is 32.7 Å². The molecule has 0 amide bonds. The Balaban J connectivity index is 1.46. The molecule has 0 aliphatic carbocycles. The molecule has 0 aliphatic rings. The summed E-state index contributed by atoms with van der Waals surface area (Å²) < 4.78 is 31.4. The molecule has 206 valence electrons. The maximum Gasteiger partial charge on any atom is 0.327 e. The number of nitrogens with zero attached hydrogens (tertiary/aromatic N) is 2. The average molecular weight is 566 g/mol. The highest BCUT2D eigenvalue weighted by atomic mass is 32.2. The highest BCUT2D eigenvalue weighted by Crippen LogP contribution is 2.37. The van der Waals surface area contributed by atoms with E-state index >= 15 is 0 Å². The number of hydrogen-bond donors (Lipinski definition) is 2. The number of aromatic nitrogens is 2. The van der Waals surface area contributed by atoms with E-state index in [2.05, 4.69) is 4.72 Å². The number of rotatable bonds is 12. The Morgan fingerprint density at radius 3 is 2.23 bits per heavy atom. The van der Waals surface area contributed by atoms with E-state index in [-0.39, 0.29) is 6.54 Å². The third-order valence-electron chi connectivity index (χ3n) is 6.54. The first-order chi connectivity index (χ1) is 18.6. The lowest BCUT2D eigenvalue weighted by atomic mass is 9.86. The van der Waals surface area contributed by atoms with Crippen LogP contribution in [0.2, 0.25) is 0 Å². The highest BCUT2D eigenvalue weighted by Gasteiger charge is 2.36. The van der Waals surface area contributed by atoms with Gasteiger partial charge in [0.25, 0.3) is 0 Å². The van der Waals surface area contributed by atoms with Crippen molar-refractivity contribution in [3.05, 3.63) is 96.1 Å². The molecule has 0 saturated heterocycles. The quantitative estimate of drug-likeness (QED) is 0.159. The zero-order valence-corrected chi connectivity index (χ0v) is 24.1. The molecule has 1 aromatic heterocycles. The van der Waals surface area contributed by atoms with Crippen molar-refractivity contribution in [2.75, 3.05) is 12.3 Å². The van der Waals surface area contributed by atoms with Crippen LogP contribution < -0.4 is 4.72 Å². The van der Waals surface area contributed by atoms with Crippen molar-refractivity contribution >= 4 is 38.8 Å². The number of para-hydroxylation sites is 2. The zero-order valence-electron chi connectivity index (χ0n) is 22.4. The predicted molar refractivity (Wildman–Crippen MR) is 157 cm³/mol. The maximum atomic E-state index is 13.4. The first-order valence-corrected chi connectivity index (χ1v) is 15.5. The van der Waals surface area contributed by atoms with Crippen molar-refractivity contribution in [3.8, 4) is 0 Å². The Morgan fingerprint density at radius 2 is 1.59 bits per heavy atom. The Bertz CT molecular complexity index is 1500. The van der Waals surface area contributed by atoms with Crippen LogP contribution in [-0.2, 0) is 21.2 Å². The number of carboxylic acid groups (broad SMARTS) is 1. The summed E-state index contributed by atoms with van der Waals surface area (Å²) in [7, 11) is -3.65. The van der Waals surface area contributed by atoms with E-state index in [9.17, 15) is 18.3 Å². The molecule has 2 N–H and O–H groups in total. The number of benzene rings is 3. The first-order valence-electron chi connectivity index (χ1n) is 13.0. The van der Waals surface area contributed by atoms with Gasteiger partial charge >= 0.3 is 5.97 Å². The maximum absolute atomic E-state index is 13.4. The Hall–Kier alpha value is -3.14. The number of carboxylic acids is 1. The summed E-state index contributed by atoms with van der Waals surface area (Å²) in [6, 6.07) is 25.6. The number of imidazole rings is 1. The second-order valence-electron chi connectivity index (χ2n) is 10.6. The SMILES string of the molecule is CC(C)(C)C(C(=O)O)n1c(SCCCNS(=O)(=O)C(Cc2ccccc2)c2ccccc2)nc2ccccc21. The fraction of sp³-hybridized carbons (Fsp3) is 0.333. The van der Waals surface area contributed by atoms with Gasteiger partial charge < -0.3 is 9.67 Å². The van der Waals surface area contributed by atoms with E-state index in [1.165, 1.54) is 11.8 Å². The fourth-order valence-electron chi connectivity index (χ4n) is 4.70. The Labute approximate surface area is 234 Å². The summed E-state index contributed by atoms with van der Waals surface area (Å²) in [6.07, 6.45) is 0.940. The molecule has 3 aromatic carbocycles. The van der Waals surface area contributed by atoms with Gasteiger partial charge in [-0.15, -0.1) is 0 Å². The van der Waals surface area contributed by atoms with Crippen LogP contribution in [0.15, 0.2) is 90.1 Å². The van der Waals surface area contributed by atoms with Crippen LogP contribution in [0.25, 0.3) is 11.0 Å². The van der Waals surface area contributed by atoms with Gasteiger partial charge in [-0.2, -0.15) is 0 Å². The molecule has 4 aromatic rings. The summed E-state index contributed by atoms with van der Waals surface area (Å²) in [5.74, 6) is -0.331. The van der Waals surface area contributed by atoms with Gasteiger partial charge in [0.15, 0.2) is 5.16 Å². The van der Waals surface area contributed by atoms with Crippen LogP contribution in [0.3, 0.4) is 0 Å². The minimum absolute atomic E-state index is 0.273. The van der Waals surface area contributed by atoms with Gasteiger partial charge in [0.1, 0.15) is 11.3 Å². The monoisotopic (exact) mass is 565 g/mol. The summed E-state index contributed by atoms with van der Waals surface area (Å²) in [5, 5.41) is 9.99. The Kier molecular flexibility index (Phi) is 9.15. The number of carbonyl (C=O) groups is 1. The summed E-state index contributed by atoms with van der Waals surface area (Å²) in [6.45, 7) is 5.99. The van der Waals surface area contributed by atoms with Gasteiger partial charge in [-0.3, -0.25) is 0 Å². The lowest BCUT2D eigenvalue weighted by Crippen LogP contribution is -2.32. The molecule has 0 fully saturated rings. The van der Waals surface area contributed by atoms with E-state index in [4.69, 9.17) is 4.98 Å². The molecule has 0 radical (unpaired) electrons. The minimum Gasteiger partial charge on any atom is -0.480 e. The van der Waals surface area contributed by atoms with Crippen LogP contribution in [0.5, 0.6) is 0 Å². The molecule has 0 spiro atoms. The van der Waals surface area contributed by atoms with Crippen molar-refractivity contribution in [2.24, 2.45) is 5.41 Å². The second kappa shape index (κ2) is 12.4. The predicted octanol–water partition coefficient (Wildman–Crippen LogP) is 6.09. The van der Waals surface area contributed by atoms with Crippen LogP contribution in [0, 0.1) is 5.41 Å². The van der Waals surface area contributed by atoms with Crippen molar-refractivity contribution in [1.82, 2.24) is 14.3 Å². The standard InChI is InChI=1S/C30H35N3O4S2/c1-30(2,3)27(28(34)35)33-25-18-11-10-17-24(25)32-29(33)38-20-12-19-31-39(36,37)26(23-15-8-5-9-16-23)21-22-13-6-4-7-14-22/h4-11,13-18,26-27,31H,12,19-21H2,1-3H3,(H,34,35). The third kappa shape index (κ3) is 7.09. The number of nitrogens with one attached hydrogen (secondary N) is 1. The normalized spacial score (nSPS) is 13.8. The van der Waals surface area contributed by atoms with Gasteiger partial charge in [0.2, 0.25) is 10.0 Å². The molecule has 2 unspecified atom stereocenters. The summed E-state index contributed by atoms with van der Waals surface area (Å²) in [4.78, 5) is 17.0. The van der Waals surface area contributed by atoms with Gasteiger partial charge in [0, 0.05) is 12.3 Å². The highest BCUT2D eigenvalue weighted by molar-refractivity contribution is 7.99. The molecule has 1 heterocycles. The van der Waals surface area contributed by atoms with Crippen molar-refractivity contribution in [2.45, 2.75) is 50.1 Å². The molecule has 0 saturated carbocycles. The van der Waals surface area contributed by atoms with Crippen LogP contribution in [-0.4, -0.2) is 41.3 Å². The molecule has 0 bridgehead atoms. The van der Waals surface area contributed by atoms with Crippen molar-refractivity contribution < 1.29 is 18.3 Å². The number of thioether (sulfide) groups is 1. The zero-order chi connectivity index (χ0) is 28.0. The molecule has 7 nitrogen and oxygen atoms in total. The molecule has 0 aliphatic heterocycles. The van der Waals surface area contributed by atoms with E-state index in [0.29, 0.717) is 23.8 Å². The molecule has 9 heteroatoms. The number of sulfonamides is 1. The first kappa shape index (κ1) is 28.9. The van der Waals surface area contributed by atoms with Crippen LogP contribution >= 0.6 is 11.8 Å². The summed E-state index contributed by atoms with van der Waals surface area (Å²) in [5.41, 5.74) is 2.68. The minimum atomic E-state index is -3.65. The molecule has 2 atom stereocenters. The van der Waals surface area contributed by atoms with Crippen molar-refractivity contribution in [1.29, 1.82) is 0 Å². The largest absolute Gasteiger partial charge is 0.480 e. The summed E-state index contributed by atoms with van der Waals surface area (Å²) >= 11 is 1.45. The number of fused-ring (bicyclic) bond motifs is 1. The van der Waals surface area contributed by atoms with Gasteiger partial charge in [-0.25, -0.2) is 22.9 Å². The van der Waals surface area contributed by atoms with Gasteiger partial charge in [-0.05, 0) is 41.5 Å². The number of hydrogen-bond acceptors (Lipinski definition) is 5. The number of aliphatic carboxylic acids is 1. The van der Waals surface area contributed by atoms with E-state index in [1.807, 2.05) is 106 Å². The smallest absolute Gasteiger partial charge is 0.327 e. The fourth-order valence-corrected chi connectivity index (χ4v) is 7.23. The molecule has 4 rings (SSSR count). The Morgan fingerprint density at radius 1 is 0.974 bits per heavy atom. The lowest BCUT2D eigenvalue weighted by Gasteiger charge is -2.29. The third-order valence-corrected chi connectivity index (χ3v) is 9.37. The second-order valence-corrected chi connectivity index (χ2v) is 13.6. The van der Waals surface area contributed by atoms with Gasteiger partial charge in [-0.1, -0.05) is 105 Å². The van der Waals surface area contributed by atoms with Gasteiger partial charge in [0.05, 0.1) is 11.0 Å². The lowest BCUT2D eigenvalue weighted by molar-refractivity contribution is -0.144.